The Labute approximate surface area is 127 Å². The maximum Gasteiger partial charge on any atom is 0.199 e. The van der Waals surface area contributed by atoms with Gasteiger partial charge in [0.15, 0.2) is 26.4 Å². The molecular formula is C14H17F2NO4S. The molecule has 1 aliphatic rings. The minimum absolute atomic E-state index is 0.0937. The van der Waals surface area contributed by atoms with Gasteiger partial charge in [-0.15, -0.1) is 0 Å². The molecule has 0 aromatic heterocycles. The lowest BCUT2D eigenvalue weighted by Crippen LogP contribution is -2.23. The number of sulfone groups is 1. The molecule has 0 atom stereocenters. The molecule has 0 N–H and O–H groups in total. The third-order valence-corrected chi connectivity index (χ3v) is 4.70. The van der Waals surface area contributed by atoms with E-state index >= 15 is 0 Å². The molecule has 0 amide bonds. The maximum absolute atomic E-state index is 13.9. The van der Waals surface area contributed by atoms with Gasteiger partial charge in [-0.3, -0.25) is 0 Å². The first kappa shape index (κ1) is 16.7. The van der Waals surface area contributed by atoms with Crippen LogP contribution in [-0.4, -0.2) is 25.7 Å². The van der Waals surface area contributed by atoms with Crippen LogP contribution in [0.3, 0.4) is 0 Å². The predicted octanol–water partition coefficient (Wildman–Crippen LogP) is 2.79. The van der Waals surface area contributed by atoms with Crippen molar-refractivity contribution < 1.29 is 26.8 Å². The molecule has 5 nitrogen and oxygen atoms in total. The van der Waals surface area contributed by atoms with Crippen LogP contribution in [0.15, 0.2) is 17.3 Å². The second-order valence-corrected chi connectivity index (χ2v) is 7.57. The monoisotopic (exact) mass is 333 g/mol. The Balaban J connectivity index is 2.25. The van der Waals surface area contributed by atoms with E-state index in [0.29, 0.717) is 0 Å². The Morgan fingerprint density at radius 1 is 1.32 bits per heavy atom. The normalized spacial score (nSPS) is 17.0. The van der Waals surface area contributed by atoms with Gasteiger partial charge in [0.05, 0.1) is 12.4 Å². The van der Waals surface area contributed by atoms with Crippen LogP contribution in [0.1, 0.15) is 32.8 Å². The van der Waals surface area contributed by atoms with Crippen LogP contribution in [-0.2, 0) is 20.4 Å². The highest BCUT2D eigenvalue weighted by atomic mass is 32.2. The third kappa shape index (κ3) is 3.55. The van der Waals surface area contributed by atoms with E-state index in [1.165, 1.54) is 0 Å². The molecule has 2 rings (SSSR count). The van der Waals surface area contributed by atoms with Crippen LogP contribution < -0.4 is 4.74 Å². The molecular weight excluding hydrogens is 316 g/mol. The standard InChI is InChI=1S/C14H17F2NO4S/c1-4-20-12-6-10(15)9(5-11(12)16)8-22(18,19)13-7-14(2,3)21-17-13/h5-6H,4,7-8H2,1-3H3. The molecule has 1 aromatic carbocycles. The van der Waals surface area contributed by atoms with Crippen molar-refractivity contribution in [1.82, 2.24) is 0 Å². The molecule has 0 saturated heterocycles. The minimum atomic E-state index is -3.87. The van der Waals surface area contributed by atoms with Gasteiger partial charge >= 0.3 is 0 Å². The van der Waals surface area contributed by atoms with Crippen LogP contribution in [0, 0.1) is 11.6 Å². The second kappa shape index (κ2) is 5.83. The van der Waals surface area contributed by atoms with Gasteiger partial charge in [0.1, 0.15) is 11.4 Å². The highest BCUT2D eigenvalue weighted by Crippen LogP contribution is 2.28. The molecule has 0 radical (unpaired) electrons. The van der Waals surface area contributed by atoms with Crippen LogP contribution >= 0.6 is 0 Å². The summed E-state index contributed by atoms with van der Waals surface area (Å²) >= 11 is 0. The number of ether oxygens (including phenoxy) is 1. The average Bonchev–Trinajstić information content (AvgIpc) is 2.77. The number of benzene rings is 1. The molecule has 1 aromatic rings. The van der Waals surface area contributed by atoms with Crippen molar-refractivity contribution in [3.63, 3.8) is 0 Å². The summed E-state index contributed by atoms with van der Waals surface area (Å²) in [5.41, 5.74) is -0.987. The highest BCUT2D eigenvalue weighted by molar-refractivity contribution is 8.05. The molecule has 22 heavy (non-hydrogen) atoms. The molecule has 0 fully saturated rings. The predicted molar refractivity (Wildman–Crippen MR) is 77.4 cm³/mol. The van der Waals surface area contributed by atoms with E-state index in [1.807, 2.05) is 0 Å². The molecule has 122 valence electrons. The summed E-state index contributed by atoms with van der Waals surface area (Å²) in [6.45, 7) is 5.19. The van der Waals surface area contributed by atoms with Gasteiger partial charge < -0.3 is 9.57 Å². The van der Waals surface area contributed by atoms with Crippen molar-refractivity contribution >= 4 is 14.9 Å². The molecule has 1 heterocycles. The van der Waals surface area contributed by atoms with E-state index < -0.39 is 32.8 Å². The largest absolute Gasteiger partial charge is 0.491 e. The lowest BCUT2D eigenvalue weighted by atomic mass is 10.1. The van der Waals surface area contributed by atoms with Crippen LogP contribution in [0.25, 0.3) is 0 Å². The van der Waals surface area contributed by atoms with Gasteiger partial charge in [-0.2, -0.15) is 0 Å². The topological polar surface area (TPSA) is 65.0 Å². The fourth-order valence-corrected chi connectivity index (χ4v) is 3.52. The fourth-order valence-electron chi connectivity index (χ4n) is 2.00. The summed E-state index contributed by atoms with van der Waals surface area (Å²) in [7, 11) is -3.87. The Morgan fingerprint density at radius 2 is 2.00 bits per heavy atom. The summed E-state index contributed by atoms with van der Waals surface area (Å²) in [4.78, 5) is 5.00. The fraction of sp³-hybridized carbons (Fsp3) is 0.500. The van der Waals surface area contributed by atoms with Crippen molar-refractivity contribution in [3.8, 4) is 5.75 Å². The Bertz CT molecular complexity index is 714. The van der Waals surface area contributed by atoms with E-state index in [1.54, 1.807) is 20.8 Å². The van der Waals surface area contributed by atoms with E-state index in [0.717, 1.165) is 12.1 Å². The minimum Gasteiger partial charge on any atom is -0.491 e. The first-order valence-electron chi connectivity index (χ1n) is 6.73. The van der Waals surface area contributed by atoms with Crippen LogP contribution in [0.2, 0.25) is 0 Å². The zero-order valence-electron chi connectivity index (χ0n) is 12.5. The van der Waals surface area contributed by atoms with Crippen molar-refractivity contribution in [2.75, 3.05) is 6.61 Å². The van der Waals surface area contributed by atoms with Gasteiger partial charge in [0, 0.05) is 18.1 Å². The number of hydrogen-bond donors (Lipinski definition) is 0. The van der Waals surface area contributed by atoms with Crippen molar-refractivity contribution in [1.29, 1.82) is 0 Å². The van der Waals surface area contributed by atoms with Gasteiger partial charge in [0.2, 0.25) is 0 Å². The highest BCUT2D eigenvalue weighted by Gasteiger charge is 2.36. The van der Waals surface area contributed by atoms with Crippen LogP contribution in [0.4, 0.5) is 8.78 Å². The zero-order valence-corrected chi connectivity index (χ0v) is 13.3. The van der Waals surface area contributed by atoms with E-state index in [-0.39, 0.29) is 29.4 Å². The molecule has 8 heteroatoms. The lowest BCUT2D eigenvalue weighted by Gasteiger charge is -2.13. The summed E-state index contributed by atoms with van der Waals surface area (Å²) in [6.07, 6.45) is 0.0937. The molecule has 0 aliphatic carbocycles. The van der Waals surface area contributed by atoms with E-state index in [4.69, 9.17) is 9.57 Å². The first-order valence-corrected chi connectivity index (χ1v) is 8.38. The Hall–Kier alpha value is -1.70. The molecule has 0 saturated carbocycles. The number of rotatable bonds is 4. The Kier molecular flexibility index (Phi) is 4.42. The number of halogens is 2. The van der Waals surface area contributed by atoms with Gasteiger partial charge in [-0.25, -0.2) is 17.2 Å². The van der Waals surface area contributed by atoms with Gasteiger partial charge in [-0.05, 0) is 26.8 Å². The Morgan fingerprint density at radius 3 is 2.55 bits per heavy atom. The number of oxime groups is 1. The number of nitrogens with zero attached hydrogens (tertiary/aromatic N) is 1. The zero-order chi connectivity index (χ0) is 16.5. The number of hydrogen-bond acceptors (Lipinski definition) is 5. The van der Waals surface area contributed by atoms with Crippen molar-refractivity contribution in [2.24, 2.45) is 5.16 Å². The SMILES string of the molecule is CCOc1cc(F)c(CS(=O)(=O)C2=NOC(C)(C)C2)cc1F. The summed E-state index contributed by atoms with van der Waals surface area (Å²) in [5.74, 6) is -2.57. The second-order valence-electron chi connectivity index (χ2n) is 5.58. The van der Waals surface area contributed by atoms with Gasteiger partial charge in [0.25, 0.3) is 0 Å². The smallest absolute Gasteiger partial charge is 0.199 e. The molecule has 0 spiro atoms. The summed E-state index contributed by atoms with van der Waals surface area (Å²) in [6, 6.07) is 1.68. The summed E-state index contributed by atoms with van der Waals surface area (Å²) in [5, 5.41) is 3.38. The molecule has 0 bridgehead atoms. The average molecular weight is 333 g/mol. The maximum atomic E-state index is 13.9. The van der Waals surface area contributed by atoms with Crippen molar-refractivity contribution in [2.45, 2.75) is 38.5 Å². The lowest BCUT2D eigenvalue weighted by molar-refractivity contribution is 0.0123. The summed E-state index contributed by atoms with van der Waals surface area (Å²) < 4.78 is 57.1. The molecule has 1 aliphatic heterocycles. The van der Waals surface area contributed by atoms with E-state index in [2.05, 4.69) is 5.16 Å². The van der Waals surface area contributed by atoms with Crippen LogP contribution in [0.5, 0.6) is 5.75 Å². The first-order chi connectivity index (χ1) is 10.1. The molecule has 0 unspecified atom stereocenters. The van der Waals surface area contributed by atoms with Crippen molar-refractivity contribution in [3.05, 3.63) is 29.3 Å². The van der Waals surface area contributed by atoms with Gasteiger partial charge in [-0.1, -0.05) is 5.16 Å². The van der Waals surface area contributed by atoms with E-state index in [9.17, 15) is 17.2 Å². The quantitative estimate of drug-likeness (QED) is 0.850. The third-order valence-electron chi connectivity index (χ3n) is 3.08.